The van der Waals surface area contributed by atoms with Gasteiger partial charge in [0.15, 0.2) is 5.72 Å². The number of carbonyl (C=O) groups is 1. The fourth-order valence-corrected chi connectivity index (χ4v) is 1.44. The van der Waals surface area contributed by atoms with Crippen molar-refractivity contribution in [3.8, 4) is 5.75 Å². The van der Waals surface area contributed by atoms with Gasteiger partial charge in [-0.05, 0) is 31.2 Å². The lowest BCUT2D eigenvalue weighted by molar-refractivity contribution is -0.0105. The van der Waals surface area contributed by atoms with Gasteiger partial charge in [0.2, 0.25) is 0 Å². The quantitative estimate of drug-likeness (QED) is 0.737. The predicted molar refractivity (Wildman–Crippen MR) is 53.5 cm³/mol. The summed E-state index contributed by atoms with van der Waals surface area (Å²) in [5.74, 6) is 0.797. The Morgan fingerprint density at radius 2 is 2.07 bits per heavy atom. The van der Waals surface area contributed by atoms with Crippen molar-refractivity contribution in [2.45, 2.75) is 19.1 Å². The van der Waals surface area contributed by atoms with Gasteiger partial charge in [-0.3, -0.25) is 10.1 Å². The molecule has 3 heteroatoms. The molecule has 2 rings (SSSR count). The Balaban J connectivity index is 2.06. The van der Waals surface area contributed by atoms with Crippen LogP contribution in [0.5, 0.6) is 5.75 Å². The molecule has 3 nitrogen and oxygen atoms in total. The van der Waals surface area contributed by atoms with Crippen molar-refractivity contribution in [2.75, 3.05) is 6.54 Å². The number of nitrogens with one attached hydrogen (secondary N) is 1. The van der Waals surface area contributed by atoms with Crippen molar-refractivity contribution < 1.29 is 9.53 Å². The highest BCUT2D eigenvalue weighted by molar-refractivity contribution is 5.74. The first-order valence-electron chi connectivity index (χ1n) is 4.71. The molecule has 0 saturated carbocycles. The summed E-state index contributed by atoms with van der Waals surface area (Å²) in [6, 6.07) is 7.14. The second-order valence-corrected chi connectivity index (χ2v) is 3.70. The lowest BCUT2D eigenvalue weighted by Gasteiger charge is -2.39. The Bertz CT molecular complexity index is 328. The summed E-state index contributed by atoms with van der Waals surface area (Å²) < 4.78 is 5.71. The Labute approximate surface area is 83.1 Å². The van der Waals surface area contributed by atoms with Crippen LogP contribution in [0, 0.1) is 0 Å². The van der Waals surface area contributed by atoms with Crippen LogP contribution in [0.15, 0.2) is 24.3 Å². The highest BCUT2D eigenvalue weighted by Crippen LogP contribution is 2.23. The van der Waals surface area contributed by atoms with E-state index in [1.807, 2.05) is 19.1 Å². The maximum absolute atomic E-state index is 10.4. The standard InChI is InChI=1S/C11H13NO2/c1-11(6-7-12-11)14-10-4-2-9(8-13)3-5-10/h2-5,8,12H,6-7H2,1H3/t11-/m1/s1. The third-order valence-corrected chi connectivity index (χ3v) is 2.46. The number of benzene rings is 1. The normalized spacial score (nSPS) is 25.2. The SMILES string of the molecule is C[C@@]1(Oc2ccc(C=O)cc2)CCN1. The Hall–Kier alpha value is -1.35. The van der Waals surface area contributed by atoms with Gasteiger partial charge in [0, 0.05) is 18.5 Å². The van der Waals surface area contributed by atoms with Crippen LogP contribution in [0.25, 0.3) is 0 Å². The Kier molecular flexibility index (Phi) is 2.25. The van der Waals surface area contributed by atoms with Gasteiger partial charge in [-0.1, -0.05) is 0 Å². The summed E-state index contributed by atoms with van der Waals surface area (Å²) in [6.45, 7) is 3.02. The first-order valence-corrected chi connectivity index (χ1v) is 4.71. The lowest BCUT2D eigenvalue weighted by Crippen LogP contribution is -2.58. The van der Waals surface area contributed by atoms with E-state index in [0.717, 1.165) is 25.0 Å². The zero-order chi connectivity index (χ0) is 10.0. The predicted octanol–water partition coefficient (Wildman–Crippen LogP) is 1.59. The molecule has 0 spiro atoms. The molecule has 1 fully saturated rings. The van der Waals surface area contributed by atoms with Crippen molar-refractivity contribution in [1.82, 2.24) is 5.32 Å². The molecular formula is C11H13NO2. The average molecular weight is 191 g/mol. The maximum Gasteiger partial charge on any atom is 0.159 e. The van der Waals surface area contributed by atoms with Crippen molar-refractivity contribution in [3.05, 3.63) is 29.8 Å². The molecule has 1 aromatic rings. The van der Waals surface area contributed by atoms with Crippen LogP contribution < -0.4 is 10.1 Å². The minimum atomic E-state index is -0.220. The molecule has 0 bridgehead atoms. The smallest absolute Gasteiger partial charge is 0.159 e. The van der Waals surface area contributed by atoms with E-state index in [4.69, 9.17) is 4.74 Å². The average Bonchev–Trinajstić information content (AvgIpc) is 2.17. The zero-order valence-electron chi connectivity index (χ0n) is 8.12. The molecule has 1 aromatic carbocycles. The number of aldehydes is 1. The zero-order valence-corrected chi connectivity index (χ0v) is 8.12. The van der Waals surface area contributed by atoms with Gasteiger partial charge < -0.3 is 4.74 Å². The van der Waals surface area contributed by atoms with Gasteiger partial charge in [-0.25, -0.2) is 0 Å². The molecule has 0 amide bonds. The van der Waals surface area contributed by atoms with Crippen LogP contribution in [0.2, 0.25) is 0 Å². The molecule has 1 saturated heterocycles. The first kappa shape index (κ1) is 9.21. The van der Waals surface area contributed by atoms with Crippen molar-refractivity contribution in [2.24, 2.45) is 0 Å². The van der Waals surface area contributed by atoms with Gasteiger partial charge in [-0.15, -0.1) is 0 Å². The van der Waals surface area contributed by atoms with Gasteiger partial charge in [0.05, 0.1) is 0 Å². The summed E-state index contributed by atoms with van der Waals surface area (Å²) in [7, 11) is 0. The molecule has 0 radical (unpaired) electrons. The van der Waals surface area contributed by atoms with Gasteiger partial charge in [0.1, 0.15) is 12.0 Å². The van der Waals surface area contributed by atoms with E-state index in [9.17, 15) is 4.79 Å². The molecule has 1 atom stereocenters. The second kappa shape index (κ2) is 3.42. The van der Waals surface area contributed by atoms with Crippen LogP contribution in [0.1, 0.15) is 23.7 Å². The molecule has 1 aliphatic heterocycles. The lowest BCUT2D eigenvalue weighted by atomic mass is 10.1. The number of ether oxygens (including phenoxy) is 1. The molecule has 0 aliphatic carbocycles. The molecule has 1 aliphatic rings. The minimum absolute atomic E-state index is 0.220. The third kappa shape index (κ3) is 1.77. The second-order valence-electron chi connectivity index (χ2n) is 3.70. The van der Waals surface area contributed by atoms with Crippen LogP contribution in [0.4, 0.5) is 0 Å². The van der Waals surface area contributed by atoms with Gasteiger partial charge in [-0.2, -0.15) is 0 Å². The topological polar surface area (TPSA) is 38.3 Å². The molecule has 0 aromatic heterocycles. The largest absolute Gasteiger partial charge is 0.473 e. The molecule has 14 heavy (non-hydrogen) atoms. The van der Waals surface area contributed by atoms with E-state index >= 15 is 0 Å². The summed E-state index contributed by atoms with van der Waals surface area (Å²) >= 11 is 0. The van der Waals surface area contributed by atoms with E-state index in [-0.39, 0.29) is 5.72 Å². The van der Waals surface area contributed by atoms with Crippen LogP contribution >= 0.6 is 0 Å². The fraction of sp³-hybridized carbons (Fsp3) is 0.364. The first-order chi connectivity index (χ1) is 6.72. The van der Waals surface area contributed by atoms with Crippen molar-refractivity contribution >= 4 is 6.29 Å². The number of rotatable bonds is 3. The molecule has 1 heterocycles. The van der Waals surface area contributed by atoms with E-state index in [2.05, 4.69) is 5.32 Å². The fourth-order valence-electron chi connectivity index (χ4n) is 1.44. The van der Waals surface area contributed by atoms with E-state index < -0.39 is 0 Å². The number of hydrogen-bond acceptors (Lipinski definition) is 3. The van der Waals surface area contributed by atoms with E-state index in [0.29, 0.717) is 5.56 Å². The van der Waals surface area contributed by atoms with E-state index in [1.165, 1.54) is 0 Å². The molecule has 0 unspecified atom stereocenters. The van der Waals surface area contributed by atoms with Crippen LogP contribution in [0.3, 0.4) is 0 Å². The van der Waals surface area contributed by atoms with Gasteiger partial charge in [0.25, 0.3) is 0 Å². The Morgan fingerprint density at radius 1 is 1.43 bits per heavy atom. The molecule has 74 valence electrons. The van der Waals surface area contributed by atoms with Crippen LogP contribution in [-0.2, 0) is 0 Å². The number of hydrogen-bond donors (Lipinski definition) is 1. The van der Waals surface area contributed by atoms with Crippen LogP contribution in [-0.4, -0.2) is 18.6 Å². The van der Waals surface area contributed by atoms with Gasteiger partial charge >= 0.3 is 0 Å². The Morgan fingerprint density at radius 3 is 2.50 bits per heavy atom. The summed E-state index contributed by atoms with van der Waals surface area (Å²) in [5, 5.41) is 3.21. The highest BCUT2D eigenvalue weighted by atomic mass is 16.5. The minimum Gasteiger partial charge on any atom is -0.473 e. The molecular weight excluding hydrogens is 178 g/mol. The molecule has 1 N–H and O–H groups in total. The third-order valence-electron chi connectivity index (χ3n) is 2.46. The van der Waals surface area contributed by atoms with E-state index in [1.54, 1.807) is 12.1 Å². The number of carbonyl (C=O) groups excluding carboxylic acids is 1. The van der Waals surface area contributed by atoms with Crippen molar-refractivity contribution in [1.29, 1.82) is 0 Å². The van der Waals surface area contributed by atoms with Crippen molar-refractivity contribution in [3.63, 3.8) is 0 Å². The highest BCUT2D eigenvalue weighted by Gasteiger charge is 2.33. The monoisotopic (exact) mass is 191 g/mol. The summed E-state index contributed by atoms with van der Waals surface area (Å²) in [4.78, 5) is 10.4. The maximum atomic E-state index is 10.4. The summed E-state index contributed by atoms with van der Waals surface area (Å²) in [5.41, 5.74) is 0.451. The summed E-state index contributed by atoms with van der Waals surface area (Å²) in [6.07, 6.45) is 1.84.